The van der Waals surface area contributed by atoms with Crippen LogP contribution in [0.4, 0.5) is 0 Å². The molecule has 3 aromatic heterocycles. The van der Waals surface area contributed by atoms with Gasteiger partial charge in [-0.1, -0.05) is 65.7 Å². The molecule has 2 fully saturated rings. The molecule has 13 heteroatoms. The minimum atomic E-state index is -0.149. The van der Waals surface area contributed by atoms with E-state index >= 15 is 0 Å². The summed E-state index contributed by atoms with van der Waals surface area (Å²) in [5.41, 5.74) is 6.20. The molecule has 1 saturated heterocycles. The highest BCUT2D eigenvalue weighted by Crippen LogP contribution is 2.45. The van der Waals surface area contributed by atoms with Crippen molar-refractivity contribution in [3.05, 3.63) is 100 Å². The number of carbonyl (C=O) groups excluding carboxylic acids is 1. The van der Waals surface area contributed by atoms with Crippen LogP contribution in [0, 0.1) is 0 Å². The Labute approximate surface area is 300 Å². The summed E-state index contributed by atoms with van der Waals surface area (Å²) in [6.45, 7) is 1.56. The van der Waals surface area contributed by atoms with E-state index in [1.54, 1.807) is 26.6 Å². The molecular weight excluding hydrogens is 675 g/mol. The Balaban J connectivity index is 1.11. The van der Waals surface area contributed by atoms with Gasteiger partial charge in [-0.3, -0.25) is 19.7 Å². The molecule has 1 aliphatic carbocycles. The van der Waals surface area contributed by atoms with Crippen LogP contribution in [-0.4, -0.2) is 57.6 Å². The predicted octanol–water partition coefficient (Wildman–Crippen LogP) is 6.13. The fourth-order valence-electron chi connectivity index (χ4n) is 6.24. The molecule has 5 aromatic rings. The van der Waals surface area contributed by atoms with Gasteiger partial charge in [-0.15, -0.1) is 0 Å². The van der Waals surface area contributed by atoms with Crippen molar-refractivity contribution in [3.8, 4) is 45.4 Å². The van der Waals surface area contributed by atoms with Gasteiger partial charge in [0.2, 0.25) is 17.7 Å². The summed E-state index contributed by atoms with van der Waals surface area (Å²) >= 11 is 14.2. The second kappa shape index (κ2) is 14.7. The number of amides is 1. The molecule has 50 heavy (non-hydrogen) atoms. The van der Waals surface area contributed by atoms with Gasteiger partial charge in [0.1, 0.15) is 11.4 Å². The van der Waals surface area contributed by atoms with Crippen LogP contribution < -0.4 is 25.4 Å². The molecule has 1 amide bonds. The summed E-state index contributed by atoms with van der Waals surface area (Å²) in [5, 5.41) is 10.9. The zero-order valence-corrected chi connectivity index (χ0v) is 29.2. The average Bonchev–Trinajstić information content (AvgIpc) is 3.84. The van der Waals surface area contributed by atoms with Gasteiger partial charge in [-0.2, -0.15) is 0 Å². The van der Waals surface area contributed by atoms with Gasteiger partial charge in [-0.05, 0) is 31.4 Å². The van der Waals surface area contributed by atoms with Crippen LogP contribution >= 0.6 is 23.2 Å². The quantitative estimate of drug-likeness (QED) is 0.131. The third-order valence-electron chi connectivity index (χ3n) is 9.12. The van der Waals surface area contributed by atoms with Gasteiger partial charge >= 0.3 is 0 Å². The first kappa shape index (κ1) is 33.8. The van der Waals surface area contributed by atoms with Crippen LogP contribution in [0.3, 0.4) is 0 Å². The van der Waals surface area contributed by atoms with Crippen LogP contribution in [0.5, 0.6) is 11.8 Å². The van der Waals surface area contributed by atoms with Crippen LogP contribution in [0.2, 0.25) is 10.0 Å². The molecule has 1 unspecified atom stereocenters. The molecule has 7 rings (SSSR count). The van der Waals surface area contributed by atoms with Crippen LogP contribution in [0.1, 0.15) is 42.8 Å². The van der Waals surface area contributed by atoms with Gasteiger partial charge in [0, 0.05) is 60.5 Å². The van der Waals surface area contributed by atoms with E-state index < -0.39 is 0 Å². The van der Waals surface area contributed by atoms with E-state index in [0.717, 1.165) is 36.1 Å². The number of pyridine rings is 1. The van der Waals surface area contributed by atoms with Crippen molar-refractivity contribution in [1.82, 2.24) is 40.9 Å². The molecule has 11 nitrogen and oxygen atoms in total. The van der Waals surface area contributed by atoms with Gasteiger partial charge in [0.15, 0.2) is 0 Å². The molecule has 0 spiro atoms. The number of benzene rings is 2. The highest BCUT2D eigenvalue weighted by atomic mass is 35.5. The van der Waals surface area contributed by atoms with Crippen molar-refractivity contribution in [2.75, 3.05) is 20.8 Å². The van der Waals surface area contributed by atoms with Gasteiger partial charge in [0.25, 0.3) is 0 Å². The monoisotopic (exact) mass is 710 g/mol. The number of hydrogen-bond donors (Lipinski definition) is 3. The number of methoxy groups -OCH3 is 2. The highest BCUT2D eigenvalue weighted by Gasteiger charge is 2.45. The average molecular weight is 712 g/mol. The minimum absolute atomic E-state index is 0.0844. The van der Waals surface area contributed by atoms with Gasteiger partial charge in [0.05, 0.1) is 59.3 Å². The lowest BCUT2D eigenvalue weighted by Crippen LogP contribution is -2.35. The Morgan fingerprint density at radius 3 is 1.92 bits per heavy atom. The van der Waals surface area contributed by atoms with E-state index in [1.165, 1.54) is 0 Å². The Morgan fingerprint density at radius 1 is 0.800 bits per heavy atom. The van der Waals surface area contributed by atoms with Crippen molar-refractivity contribution < 1.29 is 14.3 Å². The molecule has 2 aliphatic rings. The summed E-state index contributed by atoms with van der Waals surface area (Å²) in [5.74, 6) is 0.896. The van der Waals surface area contributed by atoms with Crippen molar-refractivity contribution in [2.24, 2.45) is 0 Å². The molecular formula is C37H36Cl2N8O3. The third kappa shape index (κ3) is 6.99. The van der Waals surface area contributed by atoms with E-state index in [2.05, 4.69) is 25.9 Å². The Kier molecular flexibility index (Phi) is 9.91. The molecule has 1 saturated carbocycles. The number of nitrogens with one attached hydrogen (secondary N) is 3. The number of aromatic nitrogens is 5. The first-order valence-electron chi connectivity index (χ1n) is 16.4. The molecule has 256 valence electrons. The molecule has 3 N–H and O–H groups in total. The van der Waals surface area contributed by atoms with Crippen molar-refractivity contribution in [1.29, 1.82) is 0 Å². The minimum Gasteiger partial charge on any atom is -0.480 e. The van der Waals surface area contributed by atoms with Crippen LogP contribution in [0.25, 0.3) is 33.6 Å². The number of hydrogen-bond acceptors (Lipinski definition) is 10. The summed E-state index contributed by atoms with van der Waals surface area (Å²) in [6.07, 6.45) is 8.60. The fraction of sp³-hybridized carbons (Fsp3) is 0.297. The highest BCUT2D eigenvalue weighted by molar-refractivity contribution is 6.39. The maximum atomic E-state index is 11.5. The number of rotatable bonds is 13. The lowest BCUT2D eigenvalue weighted by molar-refractivity contribution is -0.119. The normalized spacial score (nSPS) is 16.2. The first-order chi connectivity index (χ1) is 24.4. The second-order valence-electron chi connectivity index (χ2n) is 12.3. The molecule has 0 radical (unpaired) electrons. The van der Waals surface area contributed by atoms with E-state index in [9.17, 15) is 4.79 Å². The Morgan fingerprint density at radius 2 is 1.40 bits per heavy atom. The number of ether oxygens (including phenoxy) is 2. The van der Waals surface area contributed by atoms with Crippen LogP contribution in [-0.2, 0) is 23.4 Å². The maximum Gasteiger partial charge on any atom is 0.237 e. The number of nitrogens with zero attached hydrogens (tertiary/aromatic N) is 5. The summed E-state index contributed by atoms with van der Waals surface area (Å²) < 4.78 is 11.3. The van der Waals surface area contributed by atoms with E-state index in [4.69, 9.17) is 47.6 Å². The fourth-order valence-corrected chi connectivity index (χ4v) is 6.89. The van der Waals surface area contributed by atoms with Crippen molar-refractivity contribution in [2.45, 2.75) is 50.4 Å². The van der Waals surface area contributed by atoms with E-state index in [0.29, 0.717) is 81.8 Å². The van der Waals surface area contributed by atoms with Gasteiger partial charge < -0.3 is 25.4 Å². The number of halogens is 2. The maximum absolute atomic E-state index is 11.5. The zero-order valence-electron chi connectivity index (χ0n) is 27.7. The molecule has 2 aromatic carbocycles. The summed E-state index contributed by atoms with van der Waals surface area (Å²) in [7, 11) is 3.15. The first-order valence-corrected chi connectivity index (χ1v) is 17.2. The SMILES string of the molecule is COc1nc(-c2cccc(-c3cccc(-c4cnc(CNC5(c6ccccn6)CC5)c(OC)n4)c3Cl)c2Cl)cnc1CNCC1CCC(=O)N1. The molecule has 1 aliphatic heterocycles. The van der Waals surface area contributed by atoms with E-state index in [-0.39, 0.29) is 17.5 Å². The van der Waals surface area contributed by atoms with Gasteiger partial charge in [-0.25, -0.2) is 9.97 Å². The standard InChI is InChI=1S/C37H36Cl2N8O3/c1-49-35-29(18-40-17-22-12-13-32(48)45-22)42-19-27(46-35)25-9-5-7-23(33(25)38)24-8-6-10-26(34(24)39)28-20-43-30(36(47-28)50-2)21-44-37(14-15-37)31-11-3-4-16-41-31/h3-11,16,19-20,22,40,44H,12-15,17-18,21H2,1-2H3,(H,45,48). The van der Waals surface area contributed by atoms with Crippen LogP contribution in [0.15, 0.2) is 73.2 Å². The molecule has 1 atom stereocenters. The topological polar surface area (TPSA) is 136 Å². The zero-order chi connectivity index (χ0) is 34.7. The summed E-state index contributed by atoms with van der Waals surface area (Å²) in [6, 6.07) is 17.5. The lowest BCUT2D eigenvalue weighted by atomic mass is 9.98. The Hall–Kier alpha value is -4.68. The predicted molar refractivity (Wildman–Crippen MR) is 192 cm³/mol. The van der Waals surface area contributed by atoms with Crippen molar-refractivity contribution >= 4 is 29.1 Å². The lowest BCUT2D eigenvalue weighted by Gasteiger charge is -2.18. The molecule has 4 heterocycles. The largest absolute Gasteiger partial charge is 0.480 e. The second-order valence-corrected chi connectivity index (χ2v) is 13.1. The molecule has 0 bridgehead atoms. The Bertz CT molecular complexity index is 2030. The summed E-state index contributed by atoms with van der Waals surface area (Å²) in [4.78, 5) is 34.9. The van der Waals surface area contributed by atoms with Crippen molar-refractivity contribution in [3.63, 3.8) is 0 Å². The number of carbonyl (C=O) groups is 1. The third-order valence-corrected chi connectivity index (χ3v) is 9.93. The smallest absolute Gasteiger partial charge is 0.237 e. The van der Waals surface area contributed by atoms with E-state index in [1.807, 2.05) is 60.8 Å².